The fourth-order valence-corrected chi connectivity index (χ4v) is 4.48. The Morgan fingerprint density at radius 3 is 2.78 bits per heavy atom. The second-order valence-corrected chi connectivity index (χ2v) is 8.09. The molecule has 0 bridgehead atoms. The molecule has 0 saturated carbocycles. The van der Waals surface area contributed by atoms with Crippen LogP contribution >= 0.6 is 11.3 Å². The fourth-order valence-electron chi connectivity index (χ4n) is 3.87. The molecule has 0 aromatic carbocycles. The standard InChI is InChI=1S/C17H27N3O2S/c1-14-18-15(12-23-14)11-19-8-5-17(6-9-19)4-3-16(22)20(13-17)7-2-10-21/h12,21H,2-11,13H2,1H3. The van der Waals surface area contributed by atoms with Crippen molar-refractivity contribution in [1.82, 2.24) is 14.8 Å². The van der Waals surface area contributed by atoms with E-state index in [0.29, 0.717) is 24.8 Å². The zero-order chi connectivity index (χ0) is 16.3. The van der Waals surface area contributed by atoms with Gasteiger partial charge in [-0.1, -0.05) is 0 Å². The minimum absolute atomic E-state index is 0.164. The highest BCUT2D eigenvalue weighted by Gasteiger charge is 2.40. The molecule has 2 fully saturated rings. The molecule has 1 spiro atoms. The van der Waals surface area contributed by atoms with Crippen LogP contribution in [0.15, 0.2) is 5.38 Å². The minimum atomic E-state index is 0.164. The Hall–Kier alpha value is -0.980. The number of hydrogen-bond acceptors (Lipinski definition) is 5. The van der Waals surface area contributed by atoms with Gasteiger partial charge >= 0.3 is 0 Å². The average Bonchev–Trinajstić information content (AvgIpc) is 2.96. The molecule has 2 aliphatic heterocycles. The highest BCUT2D eigenvalue weighted by atomic mass is 32.1. The molecule has 1 amide bonds. The zero-order valence-corrected chi connectivity index (χ0v) is 14.8. The van der Waals surface area contributed by atoms with Crippen molar-refractivity contribution in [3.63, 3.8) is 0 Å². The van der Waals surface area contributed by atoms with Crippen LogP contribution in [0.2, 0.25) is 0 Å². The van der Waals surface area contributed by atoms with E-state index >= 15 is 0 Å². The Bertz CT molecular complexity index is 538. The largest absolute Gasteiger partial charge is 0.396 e. The van der Waals surface area contributed by atoms with Crippen molar-refractivity contribution < 1.29 is 9.90 Å². The molecular weight excluding hydrogens is 310 g/mol. The number of aromatic nitrogens is 1. The Morgan fingerprint density at radius 1 is 1.35 bits per heavy atom. The number of hydrogen-bond donors (Lipinski definition) is 1. The number of carbonyl (C=O) groups is 1. The normalized spacial score (nSPS) is 22.0. The number of likely N-dealkylation sites (tertiary alicyclic amines) is 2. The summed E-state index contributed by atoms with van der Waals surface area (Å²) in [5, 5.41) is 12.3. The summed E-state index contributed by atoms with van der Waals surface area (Å²) in [6.07, 6.45) is 4.73. The first-order valence-corrected chi connectivity index (χ1v) is 9.50. The van der Waals surface area contributed by atoms with Crippen molar-refractivity contribution in [2.45, 2.75) is 45.6 Å². The van der Waals surface area contributed by atoms with E-state index in [2.05, 4.69) is 22.2 Å². The number of aliphatic hydroxyl groups excluding tert-OH is 1. The molecule has 0 aliphatic carbocycles. The molecule has 1 N–H and O–H groups in total. The molecule has 6 heteroatoms. The van der Waals surface area contributed by atoms with Gasteiger partial charge in [-0.3, -0.25) is 9.69 Å². The average molecular weight is 337 g/mol. The van der Waals surface area contributed by atoms with Crippen molar-refractivity contribution in [1.29, 1.82) is 0 Å². The summed E-state index contributed by atoms with van der Waals surface area (Å²) in [6, 6.07) is 0. The monoisotopic (exact) mass is 337 g/mol. The number of amides is 1. The summed E-state index contributed by atoms with van der Waals surface area (Å²) in [5.74, 6) is 0.268. The number of piperidine rings is 2. The van der Waals surface area contributed by atoms with Gasteiger partial charge in [0.1, 0.15) is 0 Å². The lowest BCUT2D eigenvalue weighted by Gasteiger charge is -2.47. The summed E-state index contributed by atoms with van der Waals surface area (Å²) in [5.41, 5.74) is 1.49. The lowest BCUT2D eigenvalue weighted by Crippen LogP contribution is -2.51. The van der Waals surface area contributed by atoms with Crippen molar-refractivity contribution in [2.75, 3.05) is 32.8 Å². The van der Waals surface area contributed by atoms with E-state index in [-0.39, 0.29) is 12.5 Å². The number of carbonyl (C=O) groups excluding carboxylic acids is 1. The molecule has 0 radical (unpaired) electrons. The summed E-state index contributed by atoms with van der Waals surface area (Å²) in [4.78, 5) is 21.1. The molecule has 0 unspecified atom stereocenters. The zero-order valence-electron chi connectivity index (χ0n) is 14.0. The first-order valence-electron chi connectivity index (χ1n) is 8.62. The van der Waals surface area contributed by atoms with E-state index in [0.717, 1.165) is 37.6 Å². The molecule has 2 aliphatic rings. The summed E-state index contributed by atoms with van der Waals surface area (Å²) >= 11 is 1.72. The molecule has 3 heterocycles. The van der Waals surface area contributed by atoms with Crippen LogP contribution in [-0.2, 0) is 11.3 Å². The molecule has 23 heavy (non-hydrogen) atoms. The Balaban J connectivity index is 1.53. The van der Waals surface area contributed by atoms with Gasteiger partial charge in [-0.2, -0.15) is 0 Å². The van der Waals surface area contributed by atoms with Crippen LogP contribution in [0.4, 0.5) is 0 Å². The number of nitrogens with zero attached hydrogens (tertiary/aromatic N) is 3. The van der Waals surface area contributed by atoms with Gasteiger partial charge in [-0.05, 0) is 51.1 Å². The first-order chi connectivity index (χ1) is 11.1. The number of rotatable bonds is 5. The summed E-state index contributed by atoms with van der Waals surface area (Å²) < 4.78 is 0. The van der Waals surface area contributed by atoms with E-state index in [1.54, 1.807) is 11.3 Å². The molecule has 5 nitrogen and oxygen atoms in total. The third-order valence-electron chi connectivity index (χ3n) is 5.30. The van der Waals surface area contributed by atoms with Gasteiger partial charge < -0.3 is 10.0 Å². The molecule has 1 aromatic heterocycles. The van der Waals surface area contributed by atoms with Crippen molar-refractivity contribution in [3.8, 4) is 0 Å². The van der Waals surface area contributed by atoms with Gasteiger partial charge in [-0.15, -0.1) is 11.3 Å². The second kappa shape index (κ2) is 7.28. The quantitative estimate of drug-likeness (QED) is 0.893. The van der Waals surface area contributed by atoms with E-state index < -0.39 is 0 Å². The third kappa shape index (κ3) is 4.11. The summed E-state index contributed by atoms with van der Waals surface area (Å²) in [7, 11) is 0. The van der Waals surface area contributed by atoms with Gasteiger partial charge in [0.15, 0.2) is 0 Å². The maximum atomic E-state index is 12.1. The van der Waals surface area contributed by atoms with Crippen LogP contribution in [0.1, 0.15) is 42.8 Å². The Labute approximate surface area is 142 Å². The third-order valence-corrected chi connectivity index (χ3v) is 6.13. The Morgan fingerprint density at radius 2 is 2.13 bits per heavy atom. The highest BCUT2D eigenvalue weighted by Crippen LogP contribution is 2.40. The molecule has 128 valence electrons. The maximum absolute atomic E-state index is 12.1. The van der Waals surface area contributed by atoms with Crippen LogP contribution in [-0.4, -0.2) is 58.6 Å². The number of aliphatic hydroxyl groups is 1. The van der Waals surface area contributed by atoms with Gasteiger partial charge in [0.05, 0.1) is 10.7 Å². The van der Waals surface area contributed by atoms with Crippen molar-refractivity contribution >= 4 is 17.2 Å². The molecular formula is C17H27N3O2S. The van der Waals surface area contributed by atoms with Crippen molar-refractivity contribution in [3.05, 3.63) is 16.1 Å². The highest BCUT2D eigenvalue weighted by molar-refractivity contribution is 7.09. The number of aryl methyl sites for hydroxylation is 1. The van der Waals surface area contributed by atoms with Crippen LogP contribution in [0.25, 0.3) is 0 Å². The predicted molar refractivity (Wildman–Crippen MR) is 91.3 cm³/mol. The van der Waals surface area contributed by atoms with E-state index in [1.807, 2.05) is 4.90 Å². The van der Waals surface area contributed by atoms with Gasteiger partial charge in [0.25, 0.3) is 0 Å². The van der Waals surface area contributed by atoms with Crippen LogP contribution in [0, 0.1) is 12.3 Å². The van der Waals surface area contributed by atoms with E-state index in [4.69, 9.17) is 5.11 Å². The van der Waals surface area contributed by atoms with Gasteiger partial charge in [-0.25, -0.2) is 4.98 Å². The molecule has 0 atom stereocenters. The van der Waals surface area contributed by atoms with E-state index in [9.17, 15) is 4.79 Å². The summed E-state index contributed by atoms with van der Waals surface area (Å²) in [6.45, 7) is 6.95. The second-order valence-electron chi connectivity index (χ2n) is 7.03. The molecule has 2 saturated heterocycles. The smallest absolute Gasteiger partial charge is 0.222 e. The topological polar surface area (TPSA) is 56.7 Å². The SMILES string of the molecule is Cc1nc(CN2CCC3(CCC(=O)N(CCCO)C3)CC2)cs1. The van der Waals surface area contributed by atoms with Crippen molar-refractivity contribution in [2.24, 2.45) is 5.41 Å². The van der Waals surface area contributed by atoms with E-state index in [1.165, 1.54) is 18.5 Å². The predicted octanol–water partition coefficient (Wildman–Crippen LogP) is 2.04. The fraction of sp³-hybridized carbons (Fsp3) is 0.765. The van der Waals surface area contributed by atoms with Crippen LogP contribution in [0.3, 0.4) is 0 Å². The Kier molecular flexibility index (Phi) is 5.34. The first kappa shape index (κ1) is 16.9. The van der Waals surface area contributed by atoms with Gasteiger partial charge in [0, 0.05) is 38.0 Å². The lowest BCUT2D eigenvalue weighted by atomic mass is 9.72. The van der Waals surface area contributed by atoms with Gasteiger partial charge in [0.2, 0.25) is 5.91 Å². The minimum Gasteiger partial charge on any atom is -0.396 e. The van der Waals surface area contributed by atoms with Crippen LogP contribution in [0.5, 0.6) is 0 Å². The number of thiazole rings is 1. The van der Waals surface area contributed by atoms with Crippen LogP contribution < -0.4 is 0 Å². The molecule has 3 rings (SSSR count). The maximum Gasteiger partial charge on any atom is 0.222 e. The molecule has 1 aromatic rings. The lowest BCUT2D eigenvalue weighted by molar-refractivity contribution is -0.139.